The zero-order chi connectivity index (χ0) is 11.4. The Balaban J connectivity index is 1.96. The number of aromatic hydroxyl groups is 1. The SMILES string of the molecule is NNc1nnc(CSc2cccc(O)c2)s1. The van der Waals surface area contributed by atoms with Gasteiger partial charge in [0, 0.05) is 4.90 Å². The van der Waals surface area contributed by atoms with E-state index in [0.29, 0.717) is 10.9 Å². The number of nitrogens with one attached hydrogen (secondary N) is 1. The maximum absolute atomic E-state index is 9.29. The van der Waals surface area contributed by atoms with Crippen LogP contribution in [0.5, 0.6) is 5.75 Å². The van der Waals surface area contributed by atoms with Gasteiger partial charge in [0.05, 0.1) is 5.75 Å². The van der Waals surface area contributed by atoms with E-state index in [1.807, 2.05) is 12.1 Å². The number of phenolic OH excluding ortho intramolecular Hbond substituents is 1. The molecule has 0 saturated carbocycles. The molecular formula is C9H10N4OS2. The molecule has 4 N–H and O–H groups in total. The molecule has 5 nitrogen and oxygen atoms in total. The summed E-state index contributed by atoms with van der Waals surface area (Å²) in [6, 6.07) is 7.11. The van der Waals surface area contributed by atoms with Crippen LogP contribution in [-0.4, -0.2) is 15.3 Å². The number of thioether (sulfide) groups is 1. The Labute approximate surface area is 101 Å². The van der Waals surface area contributed by atoms with Crippen molar-refractivity contribution >= 4 is 28.2 Å². The Bertz CT molecular complexity index is 474. The summed E-state index contributed by atoms with van der Waals surface area (Å²) in [7, 11) is 0. The molecule has 7 heteroatoms. The van der Waals surface area contributed by atoms with Crippen LogP contribution < -0.4 is 11.3 Å². The highest BCUT2D eigenvalue weighted by atomic mass is 32.2. The lowest BCUT2D eigenvalue weighted by Crippen LogP contribution is -2.05. The lowest BCUT2D eigenvalue weighted by molar-refractivity contribution is 0.474. The standard InChI is InChI=1S/C9H10N4OS2/c10-11-9-13-12-8(16-9)5-15-7-3-1-2-6(14)4-7/h1-4,14H,5,10H2,(H,11,13). The molecule has 16 heavy (non-hydrogen) atoms. The van der Waals surface area contributed by atoms with Crippen molar-refractivity contribution in [2.75, 3.05) is 5.43 Å². The molecule has 0 spiro atoms. The fourth-order valence-electron chi connectivity index (χ4n) is 1.09. The summed E-state index contributed by atoms with van der Waals surface area (Å²) in [5.41, 5.74) is 2.45. The number of nitrogen functional groups attached to an aromatic ring is 1. The molecular weight excluding hydrogens is 244 g/mol. The van der Waals surface area contributed by atoms with Crippen molar-refractivity contribution in [3.05, 3.63) is 29.3 Å². The molecule has 1 aromatic heterocycles. The molecule has 0 radical (unpaired) electrons. The molecule has 1 heterocycles. The quantitative estimate of drug-likeness (QED) is 0.438. The first-order valence-electron chi connectivity index (χ1n) is 4.49. The highest BCUT2D eigenvalue weighted by molar-refractivity contribution is 7.98. The molecule has 2 rings (SSSR count). The van der Waals surface area contributed by atoms with Crippen molar-refractivity contribution in [1.29, 1.82) is 0 Å². The van der Waals surface area contributed by atoms with Crippen molar-refractivity contribution in [3.63, 3.8) is 0 Å². The molecule has 0 fully saturated rings. The minimum atomic E-state index is 0.270. The summed E-state index contributed by atoms with van der Waals surface area (Å²) >= 11 is 3.01. The van der Waals surface area contributed by atoms with E-state index in [4.69, 9.17) is 5.84 Å². The van der Waals surface area contributed by atoms with E-state index in [1.54, 1.807) is 23.9 Å². The van der Waals surface area contributed by atoms with Crippen LogP contribution in [0.3, 0.4) is 0 Å². The van der Waals surface area contributed by atoms with Crippen LogP contribution in [0.1, 0.15) is 5.01 Å². The van der Waals surface area contributed by atoms with Gasteiger partial charge in [0.25, 0.3) is 0 Å². The molecule has 0 aliphatic heterocycles. The van der Waals surface area contributed by atoms with E-state index in [-0.39, 0.29) is 5.75 Å². The summed E-state index contributed by atoms with van der Waals surface area (Å²) in [5.74, 6) is 6.19. The largest absolute Gasteiger partial charge is 0.508 e. The van der Waals surface area contributed by atoms with E-state index in [9.17, 15) is 5.11 Å². The topological polar surface area (TPSA) is 84.1 Å². The Morgan fingerprint density at radius 3 is 3.00 bits per heavy atom. The smallest absolute Gasteiger partial charge is 0.219 e. The van der Waals surface area contributed by atoms with Gasteiger partial charge in [-0.2, -0.15) is 0 Å². The second kappa shape index (κ2) is 5.15. The predicted octanol–water partition coefficient (Wildman–Crippen LogP) is 1.82. The monoisotopic (exact) mass is 254 g/mol. The summed E-state index contributed by atoms with van der Waals surface area (Å²) in [4.78, 5) is 0.998. The Kier molecular flexibility index (Phi) is 3.60. The van der Waals surface area contributed by atoms with Gasteiger partial charge in [0.2, 0.25) is 5.13 Å². The first kappa shape index (κ1) is 11.2. The number of phenols is 1. The number of hydrazine groups is 1. The number of rotatable bonds is 4. The normalized spacial score (nSPS) is 10.3. The maximum Gasteiger partial charge on any atom is 0.219 e. The van der Waals surface area contributed by atoms with Gasteiger partial charge in [-0.3, -0.25) is 5.43 Å². The van der Waals surface area contributed by atoms with Crippen molar-refractivity contribution in [1.82, 2.24) is 10.2 Å². The third-order valence-electron chi connectivity index (χ3n) is 1.77. The van der Waals surface area contributed by atoms with E-state index in [2.05, 4.69) is 15.6 Å². The maximum atomic E-state index is 9.29. The van der Waals surface area contributed by atoms with Crippen molar-refractivity contribution < 1.29 is 5.11 Å². The zero-order valence-corrected chi connectivity index (χ0v) is 9.88. The second-order valence-electron chi connectivity index (χ2n) is 2.93. The molecule has 0 unspecified atom stereocenters. The molecule has 0 amide bonds. The first-order chi connectivity index (χ1) is 7.78. The van der Waals surface area contributed by atoms with E-state index < -0.39 is 0 Å². The second-order valence-corrected chi connectivity index (χ2v) is 5.04. The molecule has 0 aliphatic carbocycles. The van der Waals surface area contributed by atoms with Gasteiger partial charge in [-0.25, -0.2) is 5.84 Å². The lowest BCUT2D eigenvalue weighted by atomic mass is 10.3. The highest BCUT2D eigenvalue weighted by Crippen LogP contribution is 2.27. The van der Waals surface area contributed by atoms with E-state index in [1.165, 1.54) is 11.3 Å². The number of hydrogen-bond donors (Lipinski definition) is 3. The van der Waals surface area contributed by atoms with Crippen LogP contribution in [0.15, 0.2) is 29.2 Å². The van der Waals surface area contributed by atoms with Gasteiger partial charge in [-0.05, 0) is 18.2 Å². The molecule has 0 bridgehead atoms. The van der Waals surface area contributed by atoms with Gasteiger partial charge in [0.1, 0.15) is 10.8 Å². The zero-order valence-electron chi connectivity index (χ0n) is 8.25. The average Bonchev–Trinajstić information content (AvgIpc) is 2.74. The Morgan fingerprint density at radius 2 is 2.31 bits per heavy atom. The molecule has 2 aromatic rings. The fourth-order valence-corrected chi connectivity index (χ4v) is 2.67. The Hall–Kier alpha value is -1.31. The van der Waals surface area contributed by atoms with Crippen LogP contribution in [0.25, 0.3) is 0 Å². The Morgan fingerprint density at radius 1 is 1.44 bits per heavy atom. The van der Waals surface area contributed by atoms with Crippen molar-refractivity contribution in [2.45, 2.75) is 10.6 Å². The number of nitrogens with two attached hydrogens (primary N) is 1. The first-order valence-corrected chi connectivity index (χ1v) is 6.29. The molecule has 84 valence electrons. The molecule has 0 saturated heterocycles. The van der Waals surface area contributed by atoms with Crippen LogP contribution in [-0.2, 0) is 5.75 Å². The number of nitrogens with zero attached hydrogens (tertiary/aromatic N) is 2. The van der Waals surface area contributed by atoms with Gasteiger partial charge < -0.3 is 5.11 Å². The van der Waals surface area contributed by atoms with Gasteiger partial charge in [-0.1, -0.05) is 17.4 Å². The number of benzene rings is 1. The van der Waals surface area contributed by atoms with Crippen LogP contribution in [0.4, 0.5) is 5.13 Å². The van der Waals surface area contributed by atoms with Crippen molar-refractivity contribution in [2.24, 2.45) is 5.84 Å². The number of aromatic nitrogens is 2. The molecule has 0 aliphatic rings. The minimum Gasteiger partial charge on any atom is -0.508 e. The van der Waals surface area contributed by atoms with Crippen LogP contribution in [0, 0.1) is 0 Å². The third kappa shape index (κ3) is 2.84. The van der Waals surface area contributed by atoms with Gasteiger partial charge in [-0.15, -0.1) is 22.0 Å². The number of hydrogen-bond acceptors (Lipinski definition) is 7. The van der Waals surface area contributed by atoms with E-state index in [0.717, 1.165) is 9.90 Å². The molecule has 1 aromatic carbocycles. The highest BCUT2D eigenvalue weighted by Gasteiger charge is 2.03. The van der Waals surface area contributed by atoms with Crippen molar-refractivity contribution in [3.8, 4) is 5.75 Å². The summed E-state index contributed by atoms with van der Waals surface area (Å²) in [5, 5.41) is 18.6. The third-order valence-corrected chi connectivity index (χ3v) is 3.81. The van der Waals surface area contributed by atoms with Crippen LogP contribution >= 0.6 is 23.1 Å². The van der Waals surface area contributed by atoms with Gasteiger partial charge >= 0.3 is 0 Å². The van der Waals surface area contributed by atoms with Gasteiger partial charge in [0.15, 0.2) is 0 Å². The summed E-state index contributed by atoms with van der Waals surface area (Å²) < 4.78 is 0. The predicted molar refractivity (Wildman–Crippen MR) is 65.4 cm³/mol. The minimum absolute atomic E-state index is 0.270. The van der Waals surface area contributed by atoms with Crippen LogP contribution in [0.2, 0.25) is 0 Å². The average molecular weight is 254 g/mol. The van der Waals surface area contributed by atoms with E-state index >= 15 is 0 Å². The fraction of sp³-hybridized carbons (Fsp3) is 0.111. The summed E-state index contributed by atoms with van der Waals surface area (Å²) in [6.45, 7) is 0. The summed E-state index contributed by atoms with van der Waals surface area (Å²) in [6.07, 6.45) is 0. The lowest BCUT2D eigenvalue weighted by Gasteiger charge is -1.98. The number of anilines is 1. The molecule has 0 atom stereocenters.